The first-order valence-electron chi connectivity index (χ1n) is 15.2. The molecule has 41 heavy (non-hydrogen) atoms. The summed E-state index contributed by atoms with van der Waals surface area (Å²) in [5.74, 6) is -0.00705. The number of benzene rings is 3. The van der Waals surface area contributed by atoms with Gasteiger partial charge in [-0.2, -0.15) is 0 Å². The highest BCUT2D eigenvalue weighted by Crippen LogP contribution is 2.46. The molecule has 2 unspecified atom stereocenters. The summed E-state index contributed by atoms with van der Waals surface area (Å²) in [7, 11) is 0. The number of carbonyl (C=O) groups is 2. The third-order valence-corrected chi connectivity index (χ3v) is 8.91. The van der Waals surface area contributed by atoms with Crippen LogP contribution < -0.4 is 21.3 Å². The molecule has 0 aromatic heterocycles. The number of anilines is 2. The third-order valence-electron chi connectivity index (χ3n) is 8.91. The summed E-state index contributed by atoms with van der Waals surface area (Å²) < 4.78 is 0. The van der Waals surface area contributed by atoms with E-state index in [1.54, 1.807) is 0 Å². The molecule has 4 N–H and O–H groups in total. The number of hydrogen-bond acceptors (Lipinski definition) is 5. The van der Waals surface area contributed by atoms with Crippen molar-refractivity contribution in [3.8, 4) is 0 Å². The van der Waals surface area contributed by atoms with Gasteiger partial charge < -0.3 is 21.3 Å². The lowest BCUT2D eigenvalue weighted by molar-refractivity contribution is -0.131. The Balaban J connectivity index is 1.33. The number of nitrogens with zero attached hydrogens (tertiary/aromatic N) is 1. The van der Waals surface area contributed by atoms with Crippen LogP contribution in [0.5, 0.6) is 0 Å². The topological polar surface area (TPSA) is 85.5 Å². The second-order valence-electron chi connectivity index (χ2n) is 11.8. The van der Waals surface area contributed by atoms with E-state index in [0.29, 0.717) is 12.3 Å². The Morgan fingerprint density at radius 1 is 0.902 bits per heavy atom. The number of rotatable bonds is 9. The van der Waals surface area contributed by atoms with E-state index in [1.165, 1.54) is 24.8 Å². The zero-order valence-electron chi connectivity index (χ0n) is 23.7. The zero-order valence-corrected chi connectivity index (χ0v) is 23.7. The highest BCUT2D eigenvalue weighted by Gasteiger charge is 2.54. The molecular weight excluding hydrogens is 510 g/mol. The number of hydrogen-bond donors (Lipinski definition) is 4. The second kappa shape index (κ2) is 12.5. The Hall–Kier alpha value is -3.68. The smallest absolute Gasteiger partial charge is 0.257 e. The second-order valence-corrected chi connectivity index (χ2v) is 11.8. The molecule has 3 aliphatic heterocycles. The van der Waals surface area contributed by atoms with Gasteiger partial charge in [-0.15, -0.1) is 0 Å². The molecule has 0 bridgehead atoms. The van der Waals surface area contributed by atoms with Gasteiger partial charge in [0.1, 0.15) is 0 Å². The van der Waals surface area contributed by atoms with Crippen molar-refractivity contribution in [2.24, 2.45) is 5.92 Å². The maximum atomic E-state index is 14.1. The van der Waals surface area contributed by atoms with Crippen molar-refractivity contribution in [3.05, 3.63) is 95.6 Å². The number of amides is 2. The summed E-state index contributed by atoms with van der Waals surface area (Å²) in [5.41, 5.74) is 3.33. The minimum absolute atomic E-state index is 0.0941. The fourth-order valence-electron chi connectivity index (χ4n) is 6.72. The molecule has 3 heterocycles. The summed E-state index contributed by atoms with van der Waals surface area (Å²) in [4.78, 5) is 30.3. The van der Waals surface area contributed by atoms with Crippen molar-refractivity contribution < 1.29 is 9.59 Å². The summed E-state index contributed by atoms with van der Waals surface area (Å²) in [6.07, 6.45) is 6.21. The van der Waals surface area contributed by atoms with Crippen LogP contribution in [0.2, 0.25) is 0 Å². The van der Waals surface area contributed by atoms with Crippen LogP contribution >= 0.6 is 0 Å². The number of nitrogens with one attached hydrogen (secondary N) is 4. The van der Waals surface area contributed by atoms with Gasteiger partial charge in [0.25, 0.3) is 5.91 Å². The van der Waals surface area contributed by atoms with E-state index in [1.807, 2.05) is 54.6 Å². The maximum absolute atomic E-state index is 14.1. The van der Waals surface area contributed by atoms with Crippen LogP contribution in [-0.2, 0) is 21.7 Å². The molecule has 6 rings (SSSR count). The normalized spacial score (nSPS) is 22.0. The molecule has 3 aromatic rings. The molecule has 7 heteroatoms. The van der Waals surface area contributed by atoms with E-state index in [2.05, 4.69) is 50.4 Å². The lowest BCUT2D eigenvalue weighted by Crippen LogP contribution is -2.57. The molecule has 3 aromatic carbocycles. The van der Waals surface area contributed by atoms with Crippen molar-refractivity contribution in [1.29, 1.82) is 0 Å². The first-order chi connectivity index (χ1) is 20.1. The van der Waals surface area contributed by atoms with Crippen LogP contribution in [0.25, 0.3) is 0 Å². The van der Waals surface area contributed by atoms with Crippen LogP contribution in [0.3, 0.4) is 0 Å². The van der Waals surface area contributed by atoms with Crippen molar-refractivity contribution >= 4 is 23.2 Å². The first kappa shape index (κ1) is 27.5. The lowest BCUT2D eigenvalue weighted by atomic mass is 9.79. The number of fused-ring (bicyclic) bond motifs is 1. The lowest BCUT2D eigenvalue weighted by Gasteiger charge is -2.38. The highest BCUT2D eigenvalue weighted by molar-refractivity contribution is 6.08. The van der Waals surface area contributed by atoms with Crippen molar-refractivity contribution in [1.82, 2.24) is 15.5 Å². The minimum Gasteiger partial charge on any atom is -0.375 e. The monoisotopic (exact) mass is 551 g/mol. The summed E-state index contributed by atoms with van der Waals surface area (Å²) in [6.45, 7) is 5.12. The molecular formula is C34H41N5O2. The zero-order chi connectivity index (χ0) is 28.1. The molecule has 2 atom stereocenters. The van der Waals surface area contributed by atoms with Gasteiger partial charge in [-0.25, -0.2) is 0 Å². The van der Waals surface area contributed by atoms with E-state index >= 15 is 0 Å². The minimum atomic E-state index is -1.31. The maximum Gasteiger partial charge on any atom is 0.257 e. The molecule has 7 nitrogen and oxygen atoms in total. The number of carbonyl (C=O) groups excluding carboxylic acids is 2. The van der Waals surface area contributed by atoms with Gasteiger partial charge in [-0.3, -0.25) is 14.5 Å². The van der Waals surface area contributed by atoms with Crippen LogP contribution in [-0.4, -0.2) is 42.9 Å². The van der Waals surface area contributed by atoms with Crippen molar-refractivity contribution in [2.45, 2.75) is 56.7 Å². The van der Waals surface area contributed by atoms with Gasteiger partial charge in [0.05, 0.1) is 6.04 Å². The van der Waals surface area contributed by atoms with Gasteiger partial charge in [0.15, 0.2) is 5.54 Å². The predicted octanol–water partition coefficient (Wildman–Crippen LogP) is 5.18. The van der Waals surface area contributed by atoms with Gasteiger partial charge >= 0.3 is 0 Å². The molecule has 2 amide bonds. The van der Waals surface area contributed by atoms with Crippen molar-refractivity contribution in [3.63, 3.8) is 0 Å². The molecule has 0 saturated carbocycles. The van der Waals surface area contributed by atoms with E-state index in [4.69, 9.17) is 0 Å². The summed E-state index contributed by atoms with van der Waals surface area (Å²) in [6, 6.07) is 25.7. The summed E-state index contributed by atoms with van der Waals surface area (Å²) in [5, 5.41) is 13.4. The predicted molar refractivity (Wildman–Crippen MR) is 163 cm³/mol. The first-order valence-corrected chi connectivity index (χ1v) is 15.2. The van der Waals surface area contributed by atoms with E-state index in [0.717, 1.165) is 68.1 Å². The molecule has 0 aliphatic carbocycles. The molecule has 2 fully saturated rings. The number of piperidine rings is 2. The number of likely N-dealkylation sites (tertiary alicyclic amines) is 1. The van der Waals surface area contributed by atoms with E-state index in [-0.39, 0.29) is 11.8 Å². The largest absolute Gasteiger partial charge is 0.375 e. The van der Waals surface area contributed by atoms with Crippen LogP contribution in [0.15, 0.2) is 78.9 Å². The van der Waals surface area contributed by atoms with E-state index < -0.39 is 11.6 Å². The highest BCUT2D eigenvalue weighted by atomic mass is 16.2. The Morgan fingerprint density at radius 2 is 1.61 bits per heavy atom. The Labute approximate surface area is 243 Å². The average Bonchev–Trinajstić information content (AvgIpc) is 3.29. The molecule has 214 valence electrons. The van der Waals surface area contributed by atoms with Gasteiger partial charge in [0.2, 0.25) is 5.91 Å². The van der Waals surface area contributed by atoms with Gasteiger partial charge in [-0.05, 0) is 87.1 Å². The number of para-hydroxylation sites is 1. The third kappa shape index (κ3) is 6.02. The fraction of sp³-hybridized carbons (Fsp3) is 0.412. The molecule has 0 spiro atoms. The Bertz CT molecular complexity index is 1330. The van der Waals surface area contributed by atoms with E-state index in [9.17, 15) is 9.59 Å². The van der Waals surface area contributed by atoms with Crippen LogP contribution in [0.1, 0.15) is 61.3 Å². The molecule has 0 radical (unpaired) electrons. The van der Waals surface area contributed by atoms with Gasteiger partial charge in [-0.1, -0.05) is 67.1 Å². The summed E-state index contributed by atoms with van der Waals surface area (Å²) >= 11 is 0. The molecule has 3 aliphatic rings. The average molecular weight is 552 g/mol. The van der Waals surface area contributed by atoms with Crippen LogP contribution in [0.4, 0.5) is 11.4 Å². The fourth-order valence-corrected chi connectivity index (χ4v) is 6.72. The Kier molecular flexibility index (Phi) is 8.35. The standard InChI is InChI=1S/C34H41N5O2/c40-31(23-25-17-19-35-20-18-25)38-34(29-11-5-6-12-30(29)37-33(34)41)32(27-9-3-1-4-10-27)36-28-15-13-26(14-16-28)24-39-21-7-2-8-22-39/h1,3-6,9-16,25,32,35-36H,2,7-8,17-24H2,(H,37,41)(H,38,40). The SMILES string of the molecule is O=C(CC1CCNCC1)NC1(C(Nc2ccc(CN3CCCCC3)cc2)c2ccccc2)C(=O)Nc2ccccc21. The Morgan fingerprint density at radius 3 is 2.37 bits per heavy atom. The quantitative estimate of drug-likeness (QED) is 0.295. The van der Waals surface area contributed by atoms with Crippen LogP contribution in [0, 0.1) is 5.92 Å². The van der Waals surface area contributed by atoms with Crippen molar-refractivity contribution in [2.75, 3.05) is 36.8 Å². The molecule has 2 saturated heterocycles. The van der Waals surface area contributed by atoms with Gasteiger partial charge in [0, 0.05) is 29.9 Å².